The fourth-order valence-electron chi connectivity index (χ4n) is 3.69. The lowest BCUT2D eigenvalue weighted by Gasteiger charge is -2.24. The summed E-state index contributed by atoms with van der Waals surface area (Å²) in [4.78, 5) is 22.4. The van der Waals surface area contributed by atoms with Crippen molar-refractivity contribution in [1.82, 2.24) is 14.9 Å². The summed E-state index contributed by atoms with van der Waals surface area (Å²) in [6.07, 6.45) is 0.103. The fourth-order valence-corrected chi connectivity index (χ4v) is 3.69. The second-order valence-corrected chi connectivity index (χ2v) is 9.13. The summed E-state index contributed by atoms with van der Waals surface area (Å²) < 4.78 is 11.3. The van der Waals surface area contributed by atoms with Gasteiger partial charge in [0.25, 0.3) is 0 Å². The zero-order chi connectivity index (χ0) is 24.3. The molecule has 0 aliphatic carbocycles. The average Bonchev–Trinajstić information content (AvgIpc) is 3.15. The molecular weight excluding hydrogens is 434 g/mol. The molecule has 1 aliphatic heterocycles. The summed E-state index contributed by atoms with van der Waals surface area (Å²) in [5.41, 5.74) is 6.98. The van der Waals surface area contributed by atoms with Gasteiger partial charge in [-0.05, 0) is 50.6 Å². The van der Waals surface area contributed by atoms with E-state index in [4.69, 9.17) is 15.2 Å². The van der Waals surface area contributed by atoms with E-state index >= 15 is 0 Å². The summed E-state index contributed by atoms with van der Waals surface area (Å²) in [6.45, 7) is 5.84. The Hall–Kier alpha value is -3.85. The zero-order valence-electron chi connectivity index (χ0n) is 19.4. The van der Waals surface area contributed by atoms with Crippen LogP contribution in [0.15, 0.2) is 60.9 Å². The number of aliphatic hydroxyl groups excluding tert-OH is 1. The molecular formula is C25H29N5O4. The molecule has 9 heteroatoms. The van der Waals surface area contributed by atoms with Gasteiger partial charge in [-0.2, -0.15) is 0 Å². The van der Waals surface area contributed by atoms with Gasteiger partial charge in [-0.3, -0.25) is 0 Å². The maximum absolute atomic E-state index is 12.4. The Morgan fingerprint density at radius 3 is 2.41 bits per heavy atom. The third-order valence-corrected chi connectivity index (χ3v) is 5.26. The number of nitrogens with one attached hydrogen (secondary N) is 1. The Balaban J connectivity index is 1.51. The molecule has 4 N–H and O–H groups in total. The van der Waals surface area contributed by atoms with Gasteiger partial charge in [-0.1, -0.05) is 30.3 Å². The molecule has 0 bridgehead atoms. The van der Waals surface area contributed by atoms with Crippen LogP contribution in [0, 0.1) is 0 Å². The van der Waals surface area contributed by atoms with E-state index in [1.807, 2.05) is 54.6 Å². The number of hydrogen-bond donors (Lipinski definition) is 3. The van der Waals surface area contributed by atoms with Crippen molar-refractivity contribution in [3.05, 3.63) is 60.9 Å². The Morgan fingerprint density at radius 2 is 1.74 bits per heavy atom. The number of benzene rings is 2. The number of anilines is 2. The van der Waals surface area contributed by atoms with E-state index in [0.717, 1.165) is 11.3 Å². The van der Waals surface area contributed by atoms with Crippen LogP contribution in [0.5, 0.6) is 11.5 Å². The first kappa shape index (κ1) is 23.3. The number of para-hydroxylation sites is 1. The molecule has 1 aliphatic rings. The number of nitrogens with two attached hydrogens (primary N) is 1. The second kappa shape index (κ2) is 9.56. The molecule has 34 heavy (non-hydrogen) atoms. The Kier molecular flexibility index (Phi) is 6.56. The van der Waals surface area contributed by atoms with E-state index in [-0.39, 0.29) is 13.1 Å². The zero-order valence-corrected chi connectivity index (χ0v) is 19.4. The third-order valence-electron chi connectivity index (χ3n) is 5.26. The summed E-state index contributed by atoms with van der Waals surface area (Å²) in [5, 5.41) is 13.8. The predicted molar refractivity (Wildman–Crippen MR) is 130 cm³/mol. The Morgan fingerprint density at radius 1 is 1.06 bits per heavy atom. The van der Waals surface area contributed by atoms with Gasteiger partial charge in [-0.25, -0.2) is 14.8 Å². The van der Waals surface area contributed by atoms with E-state index in [2.05, 4.69) is 15.3 Å². The smallest absolute Gasteiger partial charge is 0.410 e. The normalized spacial score (nSPS) is 17.9. The van der Waals surface area contributed by atoms with Gasteiger partial charge in [0, 0.05) is 6.54 Å². The minimum absolute atomic E-state index is 0.161. The van der Waals surface area contributed by atoms with E-state index < -0.39 is 23.8 Å². The number of carbonyl (C=O) groups is 1. The van der Waals surface area contributed by atoms with Gasteiger partial charge in [0.1, 0.15) is 35.1 Å². The van der Waals surface area contributed by atoms with Gasteiger partial charge >= 0.3 is 6.09 Å². The van der Waals surface area contributed by atoms with Gasteiger partial charge in [0.15, 0.2) is 0 Å². The van der Waals surface area contributed by atoms with Crippen LogP contribution in [0.3, 0.4) is 0 Å². The highest BCUT2D eigenvalue weighted by atomic mass is 16.6. The lowest BCUT2D eigenvalue weighted by Crippen LogP contribution is -2.36. The topological polar surface area (TPSA) is 123 Å². The number of ether oxygens (including phenoxy) is 2. The number of β-amino-alcohol motifs (C(OH)–C–C–N with tert-alkyl or cyclic N) is 1. The third kappa shape index (κ3) is 5.55. The van der Waals surface area contributed by atoms with Crippen LogP contribution >= 0.6 is 0 Å². The molecule has 1 amide bonds. The van der Waals surface area contributed by atoms with E-state index in [0.29, 0.717) is 22.9 Å². The molecule has 4 rings (SSSR count). The molecule has 0 saturated carbocycles. The van der Waals surface area contributed by atoms with Gasteiger partial charge < -0.3 is 30.5 Å². The van der Waals surface area contributed by atoms with E-state index in [1.54, 1.807) is 20.8 Å². The van der Waals surface area contributed by atoms with Crippen molar-refractivity contribution in [2.24, 2.45) is 0 Å². The molecule has 9 nitrogen and oxygen atoms in total. The number of aliphatic hydroxyl groups is 1. The molecule has 0 spiro atoms. The highest BCUT2D eigenvalue weighted by Gasteiger charge is 2.36. The second-order valence-electron chi connectivity index (χ2n) is 9.13. The molecule has 1 fully saturated rings. The molecule has 1 saturated heterocycles. The monoisotopic (exact) mass is 463 g/mol. The predicted octanol–water partition coefficient (Wildman–Crippen LogP) is 3.91. The van der Waals surface area contributed by atoms with Crippen LogP contribution in [0.2, 0.25) is 0 Å². The maximum atomic E-state index is 12.4. The Labute approximate surface area is 198 Å². The fraction of sp³-hybridized carbons (Fsp3) is 0.320. The minimum Gasteiger partial charge on any atom is -0.457 e. The van der Waals surface area contributed by atoms with Crippen LogP contribution < -0.4 is 15.8 Å². The summed E-state index contributed by atoms with van der Waals surface area (Å²) in [7, 11) is 0. The summed E-state index contributed by atoms with van der Waals surface area (Å²) >= 11 is 0. The molecule has 178 valence electrons. The number of amides is 1. The number of nitrogens with zero attached hydrogens (tertiary/aromatic N) is 3. The first-order chi connectivity index (χ1) is 16.2. The van der Waals surface area contributed by atoms with Crippen molar-refractivity contribution < 1.29 is 19.4 Å². The lowest BCUT2D eigenvalue weighted by molar-refractivity contribution is 0.0270. The van der Waals surface area contributed by atoms with Crippen molar-refractivity contribution >= 4 is 17.7 Å². The van der Waals surface area contributed by atoms with Crippen molar-refractivity contribution in [2.45, 2.75) is 38.5 Å². The quantitative estimate of drug-likeness (QED) is 0.520. The summed E-state index contributed by atoms with van der Waals surface area (Å²) in [5.74, 6) is 2.19. The highest BCUT2D eigenvalue weighted by molar-refractivity contribution is 5.84. The van der Waals surface area contributed by atoms with Crippen LogP contribution in [0.25, 0.3) is 11.1 Å². The molecule has 1 aromatic heterocycles. The highest BCUT2D eigenvalue weighted by Crippen LogP contribution is 2.33. The number of rotatable bonds is 5. The molecule has 2 heterocycles. The molecule has 2 aromatic carbocycles. The number of hydrogen-bond acceptors (Lipinski definition) is 8. The number of aromatic nitrogens is 2. The van der Waals surface area contributed by atoms with Crippen molar-refractivity contribution in [3.63, 3.8) is 0 Å². The van der Waals surface area contributed by atoms with Crippen LogP contribution in [0.4, 0.5) is 16.4 Å². The van der Waals surface area contributed by atoms with E-state index in [1.165, 1.54) is 11.2 Å². The summed E-state index contributed by atoms with van der Waals surface area (Å²) in [6, 6.07) is 16.5. The molecule has 2 atom stereocenters. The standard InChI is InChI=1S/C25H29N5O4/c1-25(2,3)34-24(32)30-13-19(20(31)14-30)29-23-21(22(26)27-15-28-23)16-9-11-18(12-10-16)33-17-7-5-4-6-8-17/h4-12,15,19-20,31H,13-14H2,1-3H3,(H3,26,27,28,29)/t19-,20+/m1/s1. The number of likely N-dealkylation sites (tertiary alicyclic amines) is 1. The Bertz CT molecular complexity index is 1130. The lowest BCUT2D eigenvalue weighted by atomic mass is 10.1. The minimum atomic E-state index is -0.793. The van der Waals surface area contributed by atoms with E-state index in [9.17, 15) is 9.90 Å². The number of nitrogen functional groups attached to an aromatic ring is 1. The van der Waals surface area contributed by atoms with Gasteiger partial charge in [-0.15, -0.1) is 0 Å². The van der Waals surface area contributed by atoms with Crippen molar-refractivity contribution in [2.75, 3.05) is 24.1 Å². The molecule has 0 radical (unpaired) electrons. The van der Waals surface area contributed by atoms with Crippen LogP contribution in [-0.2, 0) is 4.74 Å². The van der Waals surface area contributed by atoms with Crippen LogP contribution in [0.1, 0.15) is 20.8 Å². The largest absolute Gasteiger partial charge is 0.457 e. The average molecular weight is 464 g/mol. The molecule has 3 aromatic rings. The van der Waals surface area contributed by atoms with Crippen molar-refractivity contribution in [1.29, 1.82) is 0 Å². The van der Waals surface area contributed by atoms with Crippen molar-refractivity contribution in [3.8, 4) is 22.6 Å². The van der Waals surface area contributed by atoms with Gasteiger partial charge in [0.2, 0.25) is 0 Å². The van der Waals surface area contributed by atoms with Crippen LogP contribution in [-0.4, -0.2) is 56.9 Å². The SMILES string of the molecule is CC(C)(C)OC(=O)N1C[C@H](O)[C@H](Nc2ncnc(N)c2-c2ccc(Oc3ccccc3)cc2)C1. The first-order valence-electron chi connectivity index (χ1n) is 11.1. The first-order valence-corrected chi connectivity index (χ1v) is 11.1. The number of carbonyl (C=O) groups excluding carboxylic acids is 1. The maximum Gasteiger partial charge on any atom is 0.410 e. The van der Waals surface area contributed by atoms with Gasteiger partial charge in [0.05, 0.1) is 24.3 Å². The molecule has 0 unspecified atom stereocenters.